The predicted octanol–water partition coefficient (Wildman–Crippen LogP) is 5.74. The molecule has 1 unspecified atom stereocenters. The van der Waals surface area contributed by atoms with Crippen molar-refractivity contribution in [2.45, 2.75) is 13.0 Å². The number of carbonyl (C=O) groups is 1. The highest BCUT2D eigenvalue weighted by atomic mass is 35.5. The van der Waals surface area contributed by atoms with Crippen molar-refractivity contribution >= 4 is 28.5 Å². The highest BCUT2D eigenvalue weighted by molar-refractivity contribution is 6.29. The number of nitrogens with zero attached hydrogens (tertiary/aromatic N) is 4. The number of imidazole rings is 1. The molecule has 1 aromatic carbocycles. The van der Waals surface area contributed by atoms with E-state index in [4.69, 9.17) is 16.3 Å². The first kappa shape index (κ1) is 20.8. The average molecular weight is 462 g/mol. The molecular weight excluding hydrogens is 445 g/mol. The second-order valence-electron chi connectivity index (χ2n) is 7.35. The molecule has 0 spiro atoms. The van der Waals surface area contributed by atoms with Gasteiger partial charge in [-0.1, -0.05) is 17.7 Å². The molecule has 0 bridgehead atoms. The first-order valence-electron chi connectivity index (χ1n) is 10.1. The van der Waals surface area contributed by atoms with E-state index in [1.54, 1.807) is 36.7 Å². The van der Waals surface area contributed by atoms with Crippen LogP contribution in [0.4, 0.5) is 4.39 Å². The summed E-state index contributed by atoms with van der Waals surface area (Å²) in [6, 6.07) is 11.2. The van der Waals surface area contributed by atoms with Crippen LogP contribution in [0, 0.1) is 0 Å². The van der Waals surface area contributed by atoms with Gasteiger partial charge in [-0.15, -0.1) is 0 Å². The summed E-state index contributed by atoms with van der Waals surface area (Å²) in [5.41, 5.74) is 2.36. The van der Waals surface area contributed by atoms with Gasteiger partial charge >= 0.3 is 0 Å². The molecule has 1 atom stereocenters. The van der Waals surface area contributed by atoms with Gasteiger partial charge in [0.25, 0.3) is 0 Å². The zero-order valence-corrected chi connectivity index (χ0v) is 18.1. The number of aromatic amines is 1. The van der Waals surface area contributed by atoms with Gasteiger partial charge in [0.05, 0.1) is 17.2 Å². The molecule has 5 rings (SSSR count). The summed E-state index contributed by atoms with van der Waals surface area (Å²) in [4.78, 5) is 29.8. The molecule has 0 fully saturated rings. The van der Waals surface area contributed by atoms with Crippen LogP contribution in [0.25, 0.3) is 22.6 Å². The van der Waals surface area contributed by atoms with Gasteiger partial charge in [-0.3, -0.25) is 9.78 Å². The van der Waals surface area contributed by atoms with Crippen molar-refractivity contribution in [3.05, 3.63) is 89.8 Å². The maximum Gasteiger partial charge on any atom is 0.224 e. The van der Waals surface area contributed by atoms with E-state index < -0.39 is 11.9 Å². The summed E-state index contributed by atoms with van der Waals surface area (Å²) in [5.74, 6) is 0.504. The Balaban J connectivity index is 1.67. The minimum Gasteiger partial charge on any atom is -0.455 e. The first-order chi connectivity index (χ1) is 16.0. The molecule has 0 aliphatic carbocycles. The van der Waals surface area contributed by atoms with Crippen molar-refractivity contribution in [2.75, 3.05) is 0 Å². The van der Waals surface area contributed by atoms with Crippen LogP contribution in [0.5, 0.6) is 11.5 Å². The number of H-pyrrole nitrogens is 1. The number of hydrogen-bond donors (Lipinski definition) is 1. The monoisotopic (exact) mass is 461 g/mol. The number of amides is 1. The topological polar surface area (TPSA) is 84.0 Å². The van der Waals surface area contributed by atoms with Crippen LogP contribution in [0.3, 0.4) is 0 Å². The van der Waals surface area contributed by atoms with E-state index in [2.05, 4.69) is 19.9 Å². The zero-order chi connectivity index (χ0) is 22.9. The van der Waals surface area contributed by atoms with Gasteiger partial charge in [-0.25, -0.2) is 14.4 Å². The van der Waals surface area contributed by atoms with E-state index in [9.17, 15) is 4.79 Å². The molecule has 1 aliphatic heterocycles. The number of fused-ring (bicyclic) bond motifs is 1. The van der Waals surface area contributed by atoms with Crippen LogP contribution in [-0.2, 0) is 4.79 Å². The van der Waals surface area contributed by atoms with Crippen molar-refractivity contribution < 1.29 is 13.9 Å². The van der Waals surface area contributed by atoms with E-state index in [0.717, 1.165) is 0 Å². The van der Waals surface area contributed by atoms with Gasteiger partial charge in [-0.05, 0) is 42.5 Å². The molecule has 1 amide bonds. The van der Waals surface area contributed by atoms with Gasteiger partial charge in [0.2, 0.25) is 5.91 Å². The lowest BCUT2D eigenvalue weighted by Crippen LogP contribution is -2.30. The van der Waals surface area contributed by atoms with Crippen LogP contribution in [0.15, 0.2) is 79.0 Å². The number of pyridine rings is 2. The normalized spacial score (nSPS) is 15.5. The average Bonchev–Trinajstić information content (AvgIpc) is 3.23. The zero-order valence-electron chi connectivity index (χ0n) is 17.4. The Labute approximate surface area is 193 Å². The Morgan fingerprint density at radius 1 is 1.21 bits per heavy atom. The molecule has 7 nitrogen and oxygen atoms in total. The summed E-state index contributed by atoms with van der Waals surface area (Å²) in [6.45, 7) is 1.38. The second-order valence-corrected chi connectivity index (χ2v) is 7.74. The molecule has 1 aliphatic rings. The lowest BCUT2D eigenvalue weighted by molar-refractivity contribution is -0.128. The standard InChI is InChI=1S/C24H17ClFN5O2/c1-14(32)31-10-4-5-17(26)23(31)16-11-19-20(30-24(29-19)18-6-2-3-9-27-18)12-21(16)33-15-7-8-22(25)28-13-15/h2-13,23H,1H3,(H,29,30). The number of carbonyl (C=O) groups excluding carboxylic acids is 1. The number of ether oxygens (including phenoxy) is 1. The molecule has 0 radical (unpaired) electrons. The van der Waals surface area contributed by atoms with Crippen molar-refractivity contribution in [3.63, 3.8) is 0 Å². The smallest absolute Gasteiger partial charge is 0.224 e. The van der Waals surface area contributed by atoms with E-state index in [-0.39, 0.29) is 5.91 Å². The summed E-state index contributed by atoms with van der Waals surface area (Å²) in [5, 5.41) is 0.319. The Hall–Kier alpha value is -4.04. The van der Waals surface area contributed by atoms with Gasteiger partial charge < -0.3 is 14.6 Å². The molecule has 33 heavy (non-hydrogen) atoms. The highest BCUT2D eigenvalue weighted by Crippen LogP contribution is 2.41. The Morgan fingerprint density at radius 3 is 2.82 bits per heavy atom. The molecule has 9 heteroatoms. The molecule has 3 aromatic heterocycles. The summed E-state index contributed by atoms with van der Waals surface area (Å²) in [7, 11) is 0. The van der Waals surface area contributed by atoms with Gasteiger partial charge in [-0.2, -0.15) is 0 Å². The van der Waals surface area contributed by atoms with E-state index >= 15 is 4.39 Å². The summed E-state index contributed by atoms with van der Waals surface area (Å²) < 4.78 is 21.2. The second kappa shape index (κ2) is 8.48. The quantitative estimate of drug-likeness (QED) is 0.392. The highest BCUT2D eigenvalue weighted by Gasteiger charge is 2.31. The van der Waals surface area contributed by atoms with Gasteiger partial charge in [0.1, 0.15) is 34.2 Å². The maximum absolute atomic E-state index is 15.1. The van der Waals surface area contributed by atoms with E-state index in [1.165, 1.54) is 30.2 Å². The van der Waals surface area contributed by atoms with Crippen LogP contribution >= 0.6 is 11.6 Å². The van der Waals surface area contributed by atoms with Crippen molar-refractivity contribution in [2.24, 2.45) is 0 Å². The number of nitrogens with one attached hydrogen (secondary N) is 1. The number of hydrogen-bond acceptors (Lipinski definition) is 5. The number of benzene rings is 1. The van der Waals surface area contributed by atoms with Crippen LogP contribution in [-0.4, -0.2) is 30.7 Å². The van der Waals surface area contributed by atoms with Crippen LogP contribution in [0.2, 0.25) is 5.15 Å². The van der Waals surface area contributed by atoms with Crippen molar-refractivity contribution in [1.82, 2.24) is 24.8 Å². The molecule has 164 valence electrons. The first-order valence-corrected chi connectivity index (χ1v) is 10.4. The fourth-order valence-corrected chi connectivity index (χ4v) is 3.76. The third-order valence-electron chi connectivity index (χ3n) is 5.15. The molecule has 4 aromatic rings. The number of allylic oxidation sites excluding steroid dienone is 2. The van der Waals surface area contributed by atoms with Gasteiger partial charge in [0, 0.05) is 31.0 Å². The fraction of sp³-hybridized carbons (Fsp3) is 0.0833. The lowest BCUT2D eigenvalue weighted by atomic mass is 10.00. The Morgan fingerprint density at radius 2 is 2.09 bits per heavy atom. The number of rotatable bonds is 4. The Bertz CT molecular complexity index is 1400. The van der Waals surface area contributed by atoms with Gasteiger partial charge in [0.15, 0.2) is 5.82 Å². The molecule has 1 N–H and O–H groups in total. The minimum absolute atomic E-state index is 0.308. The van der Waals surface area contributed by atoms with E-state index in [0.29, 0.717) is 44.8 Å². The number of aromatic nitrogens is 4. The van der Waals surface area contributed by atoms with Crippen LogP contribution in [0.1, 0.15) is 18.5 Å². The third-order valence-corrected chi connectivity index (χ3v) is 5.37. The molecular formula is C24H17ClFN5O2. The number of halogens is 2. The summed E-state index contributed by atoms with van der Waals surface area (Å²) in [6.07, 6.45) is 7.50. The van der Waals surface area contributed by atoms with E-state index in [1.807, 2.05) is 18.2 Å². The predicted molar refractivity (Wildman–Crippen MR) is 122 cm³/mol. The van der Waals surface area contributed by atoms with Crippen molar-refractivity contribution in [1.29, 1.82) is 0 Å². The summed E-state index contributed by atoms with van der Waals surface area (Å²) >= 11 is 5.88. The van der Waals surface area contributed by atoms with Crippen LogP contribution < -0.4 is 4.74 Å². The third kappa shape index (κ3) is 4.08. The van der Waals surface area contributed by atoms with Crippen molar-refractivity contribution in [3.8, 4) is 23.0 Å². The molecule has 0 saturated heterocycles. The SMILES string of the molecule is CC(=O)N1C=CC=C(F)C1c1cc2[nH]c(-c3ccccn3)nc2cc1Oc1ccc(Cl)nc1. The largest absolute Gasteiger partial charge is 0.455 e. The minimum atomic E-state index is -0.992. The fourth-order valence-electron chi connectivity index (χ4n) is 3.65. The maximum atomic E-state index is 15.1. The Kier molecular flexibility index (Phi) is 5.35. The molecule has 0 saturated carbocycles. The molecule has 4 heterocycles. The lowest BCUT2D eigenvalue weighted by Gasteiger charge is -2.30.